The van der Waals surface area contributed by atoms with Gasteiger partial charge in [-0.2, -0.15) is 0 Å². The van der Waals surface area contributed by atoms with Crippen LogP contribution in [0.5, 0.6) is 5.75 Å². The molecule has 0 aliphatic rings. The summed E-state index contributed by atoms with van der Waals surface area (Å²) in [4.78, 5) is 35.2. The number of carbonyl (C=O) groups is 2. The summed E-state index contributed by atoms with van der Waals surface area (Å²) in [5, 5.41) is 7.48. The first-order valence-electron chi connectivity index (χ1n) is 10.4. The lowest BCUT2D eigenvalue weighted by Crippen LogP contribution is -2.22. The molecule has 0 saturated carbocycles. The van der Waals surface area contributed by atoms with Gasteiger partial charge in [-0.15, -0.1) is 22.7 Å². The van der Waals surface area contributed by atoms with Gasteiger partial charge in [0.15, 0.2) is 10.3 Å². The van der Waals surface area contributed by atoms with E-state index >= 15 is 0 Å². The lowest BCUT2D eigenvalue weighted by molar-refractivity contribution is -0.116. The summed E-state index contributed by atoms with van der Waals surface area (Å²) in [6.45, 7) is 3.49. The van der Waals surface area contributed by atoms with Crippen LogP contribution in [0.3, 0.4) is 0 Å². The minimum atomic E-state index is -0.321. The Morgan fingerprint density at radius 3 is 2.59 bits per heavy atom. The topological polar surface area (TPSA) is 84.4 Å². The van der Waals surface area contributed by atoms with Crippen LogP contribution in [0.1, 0.15) is 18.2 Å². The summed E-state index contributed by atoms with van der Waals surface area (Å²) in [7, 11) is 1.62. The van der Waals surface area contributed by atoms with Crippen molar-refractivity contribution < 1.29 is 14.3 Å². The van der Waals surface area contributed by atoms with Crippen molar-refractivity contribution in [2.45, 2.75) is 13.8 Å². The standard InChI is InChI=1S/C25H22N4O3S2/c1-16-9-11-22(32-3)20(13-16)21-15-33-24(27-21)28-23(31)12-10-18-14-34-25(26-18)29(17(2)30)19-7-5-4-6-8-19/h4-15H,1-3H3,(H,27,28,31)/b12-10+. The summed E-state index contributed by atoms with van der Waals surface area (Å²) in [6, 6.07) is 15.2. The van der Waals surface area contributed by atoms with Gasteiger partial charge in [0.2, 0.25) is 11.8 Å². The highest BCUT2D eigenvalue weighted by molar-refractivity contribution is 7.14. The molecule has 4 rings (SSSR count). The number of nitrogens with zero attached hydrogens (tertiary/aromatic N) is 3. The van der Waals surface area contributed by atoms with E-state index in [0.717, 1.165) is 28.3 Å². The van der Waals surface area contributed by atoms with E-state index in [4.69, 9.17) is 4.74 Å². The number of amides is 2. The molecule has 0 fully saturated rings. The number of rotatable bonds is 7. The van der Waals surface area contributed by atoms with Crippen molar-refractivity contribution in [2.75, 3.05) is 17.3 Å². The van der Waals surface area contributed by atoms with Gasteiger partial charge in [-0.1, -0.05) is 29.8 Å². The molecule has 2 amide bonds. The number of methoxy groups -OCH3 is 1. The van der Waals surface area contributed by atoms with Crippen molar-refractivity contribution >= 4 is 56.5 Å². The van der Waals surface area contributed by atoms with E-state index in [0.29, 0.717) is 16.0 Å². The van der Waals surface area contributed by atoms with Crippen molar-refractivity contribution in [1.29, 1.82) is 0 Å². The van der Waals surface area contributed by atoms with Crippen LogP contribution in [0.25, 0.3) is 17.3 Å². The predicted molar refractivity (Wildman–Crippen MR) is 138 cm³/mol. The second-order valence-electron chi connectivity index (χ2n) is 7.31. The Labute approximate surface area is 205 Å². The lowest BCUT2D eigenvalue weighted by atomic mass is 10.1. The Morgan fingerprint density at radius 1 is 1.06 bits per heavy atom. The number of ether oxygens (including phenoxy) is 1. The first kappa shape index (κ1) is 23.3. The average Bonchev–Trinajstić information content (AvgIpc) is 3.48. The first-order chi connectivity index (χ1) is 16.4. The highest BCUT2D eigenvalue weighted by Crippen LogP contribution is 2.33. The molecule has 0 unspecified atom stereocenters. The number of carbonyl (C=O) groups excluding carboxylic acids is 2. The van der Waals surface area contributed by atoms with E-state index in [1.807, 2.05) is 60.8 Å². The molecule has 2 aromatic heterocycles. The molecular formula is C25H22N4O3S2. The number of para-hydroxylation sites is 1. The number of nitrogens with one attached hydrogen (secondary N) is 1. The van der Waals surface area contributed by atoms with Crippen molar-refractivity contribution in [2.24, 2.45) is 0 Å². The third-order valence-electron chi connectivity index (χ3n) is 4.80. The zero-order valence-electron chi connectivity index (χ0n) is 18.8. The van der Waals surface area contributed by atoms with E-state index < -0.39 is 0 Å². The fourth-order valence-corrected chi connectivity index (χ4v) is 4.81. The number of aryl methyl sites for hydroxylation is 1. The minimum absolute atomic E-state index is 0.140. The molecule has 9 heteroatoms. The third-order valence-corrected chi connectivity index (χ3v) is 6.40. The molecule has 0 aliphatic heterocycles. The molecule has 1 N–H and O–H groups in total. The van der Waals surface area contributed by atoms with Gasteiger partial charge in [-0.3, -0.25) is 19.8 Å². The third kappa shape index (κ3) is 5.38. The highest BCUT2D eigenvalue weighted by Gasteiger charge is 2.17. The normalized spacial score (nSPS) is 10.9. The second kappa shape index (κ2) is 10.4. The summed E-state index contributed by atoms with van der Waals surface area (Å²) in [6.07, 6.45) is 3.00. The molecule has 0 spiro atoms. The maximum atomic E-state index is 12.4. The molecule has 0 radical (unpaired) electrons. The molecule has 0 bridgehead atoms. The zero-order chi connectivity index (χ0) is 24.1. The molecule has 34 heavy (non-hydrogen) atoms. The van der Waals surface area contributed by atoms with Crippen molar-refractivity contribution in [1.82, 2.24) is 9.97 Å². The van der Waals surface area contributed by atoms with Crippen LogP contribution in [-0.4, -0.2) is 28.9 Å². The number of hydrogen-bond acceptors (Lipinski definition) is 7. The summed E-state index contributed by atoms with van der Waals surface area (Å²) in [5.41, 5.74) is 4.03. The quantitative estimate of drug-likeness (QED) is 0.325. The van der Waals surface area contributed by atoms with Crippen LogP contribution < -0.4 is 15.0 Å². The molecular weight excluding hydrogens is 468 g/mol. The Hall–Kier alpha value is -3.82. The van der Waals surface area contributed by atoms with E-state index in [1.165, 1.54) is 35.7 Å². The summed E-state index contributed by atoms with van der Waals surface area (Å²) < 4.78 is 5.43. The molecule has 2 heterocycles. The largest absolute Gasteiger partial charge is 0.496 e. The van der Waals surface area contributed by atoms with Crippen LogP contribution in [0.4, 0.5) is 16.0 Å². The summed E-state index contributed by atoms with van der Waals surface area (Å²) in [5.74, 6) is 0.264. The maximum absolute atomic E-state index is 12.4. The van der Waals surface area contributed by atoms with Gasteiger partial charge >= 0.3 is 0 Å². The number of hydrogen-bond donors (Lipinski definition) is 1. The molecule has 4 aromatic rings. The number of benzene rings is 2. The summed E-state index contributed by atoms with van der Waals surface area (Å²) >= 11 is 2.67. The number of aromatic nitrogens is 2. The van der Waals surface area contributed by atoms with Gasteiger partial charge in [0.25, 0.3) is 0 Å². The monoisotopic (exact) mass is 490 g/mol. The Balaban J connectivity index is 1.44. The van der Waals surface area contributed by atoms with E-state index in [2.05, 4.69) is 15.3 Å². The Morgan fingerprint density at radius 2 is 1.85 bits per heavy atom. The average molecular weight is 491 g/mol. The Bertz CT molecular complexity index is 1350. The fourth-order valence-electron chi connectivity index (χ4n) is 3.24. The van der Waals surface area contributed by atoms with E-state index in [9.17, 15) is 9.59 Å². The van der Waals surface area contributed by atoms with Gasteiger partial charge < -0.3 is 4.74 Å². The minimum Gasteiger partial charge on any atom is -0.496 e. The van der Waals surface area contributed by atoms with Gasteiger partial charge in [0.05, 0.1) is 24.2 Å². The highest BCUT2D eigenvalue weighted by atomic mass is 32.1. The van der Waals surface area contributed by atoms with Crippen LogP contribution in [0.2, 0.25) is 0 Å². The Kier molecular flexibility index (Phi) is 7.15. The van der Waals surface area contributed by atoms with Crippen LogP contribution >= 0.6 is 22.7 Å². The van der Waals surface area contributed by atoms with Crippen molar-refractivity contribution in [3.63, 3.8) is 0 Å². The van der Waals surface area contributed by atoms with E-state index in [-0.39, 0.29) is 11.8 Å². The molecule has 7 nitrogen and oxygen atoms in total. The smallest absolute Gasteiger partial charge is 0.250 e. The molecule has 2 aromatic carbocycles. The fraction of sp³-hybridized carbons (Fsp3) is 0.120. The van der Waals surface area contributed by atoms with Gasteiger partial charge in [-0.25, -0.2) is 9.97 Å². The number of thiazole rings is 2. The first-order valence-corrected chi connectivity index (χ1v) is 12.1. The second-order valence-corrected chi connectivity index (χ2v) is 9.00. The maximum Gasteiger partial charge on any atom is 0.250 e. The van der Waals surface area contributed by atoms with Crippen LogP contribution in [0, 0.1) is 6.92 Å². The number of anilines is 3. The van der Waals surface area contributed by atoms with Gasteiger partial charge in [0, 0.05) is 29.3 Å². The predicted octanol–water partition coefficient (Wildman–Crippen LogP) is 5.92. The van der Waals surface area contributed by atoms with Crippen LogP contribution in [-0.2, 0) is 9.59 Å². The van der Waals surface area contributed by atoms with E-state index in [1.54, 1.807) is 23.5 Å². The van der Waals surface area contributed by atoms with Crippen LogP contribution in [0.15, 0.2) is 65.4 Å². The van der Waals surface area contributed by atoms with Crippen molar-refractivity contribution in [3.05, 3.63) is 76.6 Å². The molecule has 172 valence electrons. The van der Waals surface area contributed by atoms with Crippen molar-refractivity contribution in [3.8, 4) is 17.0 Å². The lowest BCUT2D eigenvalue weighted by Gasteiger charge is -2.17. The SMILES string of the molecule is COc1ccc(C)cc1-c1csc(NC(=O)/C=C/c2csc(N(C(C)=O)c3ccccc3)n2)n1. The molecule has 0 aliphatic carbocycles. The zero-order valence-corrected chi connectivity index (χ0v) is 20.4. The molecule has 0 atom stereocenters. The van der Waals surface area contributed by atoms with Gasteiger partial charge in [0.1, 0.15) is 5.75 Å². The molecule has 0 saturated heterocycles. The van der Waals surface area contributed by atoms with Gasteiger partial charge in [-0.05, 0) is 37.3 Å².